The van der Waals surface area contributed by atoms with Gasteiger partial charge in [-0.3, -0.25) is 4.79 Å². The number of thiocarbonyl (C=S) groups is 1. The summed E-state index contributed by atoms with van der Waals surface area (Å²) in [4.78, 5) is 11.7. The minimum atomic E-state index is -4.67. The second-order valence-corrected chi connectivity index (χ2v) is 8.39. The molecule has 1 heterocycles. The van der Waals surface area contributed by atoms with E-state index in [2.05, 4.69) is 5.32 Å². The number of aliphatic hydroxyl groups is 1. The third-order valence-corrected chi connectivity index (χ3v) is 5.29. The van der Waals surface area contributed by atoms with Crippen LogP contribution >= 0.6 is 12.2 Å². The molecule has 1 aliphatic rings. The Morgan fingerprint density at radius 1 is 1.36 bits per heavy atom. The summed E-state index contributed by atoms with van der Waals surface area (Å²) in [6, 6.07) is 3.34. The van der Waals surface area contributed by atoms with Gasteiger partial charge in [-0.15, -0.1) is 0 Å². The van der Waals surface area contributed by atoms with Gasteiger partial charge >= 0.3 is 6.18 Å². The lowest BCUT2D eigenvalue weighted by Crippen LogP contribution is -2.46. The Bertz CT molecular complexity index is 785. The van der Waals surface area contributed by atoms with Crippen LogP contribution in [0.1, 0.15) is 39.2 Å². The Hall–Kier alpha value is -1.62. The molecule has 0 aliphatic carbocycles. The molecule has 5 nitrogen and oxygen atoms in total. The zero-order valence-electron chi connectivity index (χ0n) is 15.6. The number of alkyl halides is 3. The first kappa shape index (κ1) is 22.7. The van der Waals surface area contributed by atoms with Crippen molar-refractivity contribution in [1.82, 2.24) is 5.06 Å². The van der Waals surface area contributed by atoms with Gasteiger partial charge in [-0.05, 0) is 44.0 Å². The Labute approximate surface area is 165 Å². The van der Waals surface area contributed by atoms with Crippen LogP contribution in [0, 0.1) is 5.82 Å². The van der Waals surface area contributed by atoms with Crippen molar-refractivity contribution in [1.29, 1.82) is 0 Å². The molecule has 1 amide bonds. The van der Waals surface area contributed by atoms with Crippen molar-refractivity contribution in [3.63, 3.8) is 0 Å². The maximum absolute atomic E-state index is 14.7. The summed E-state index contributed by atoms with van der Waals surface area (Å²) in [5.41, 5.74) is -2.21. The number of anilines is 1. The number of nitrogens with one attached hydrogen (secondary N) is 1. The summed E-state index contributed by atoms with van der Waals surface area (Å²) in [5, 5.41) is 24.0. The van der Waals surface area contributed by atoms with E-state index in [9.17, 15) is 32.7 Å². The smallest absolute Gasteiger partial charge is 0.387 e. The number of amides is 1. The first-order valence-corrected chi connectivity index (χ1v) is 8.90. The number of aliphatic hydroxyl groups excluding tert-OH is 1. The first-order chi connectivity index (χ1) is 12.7. The maximum Gasteiger partial charge on any atom is 0.397 e. The van der Waals surface area contributed by atoms with Crippen LogP contribution < -0.4 is 5.32 Å². The predicted molar refractivity (Wildman–Crippen MR) is 98.8 cm³/mol. The van der Waals surface area contributed by atoms with Crippen molar-refractivity contribution in [3.8, 4) is 0 Å². The molecule has 0 aromatic heterocycles. The van der Waals surface area contributed by atoms with E-state index in [1.54, 1.807) is 20.8 Å². The number of nitrogens with zero attached hydrogens (tertiary/aromatic N) is 1. The van der Waals surface area contributed by atoms with Crippen molar-refractivity contribution in [2.75, 3.05) is 11.9 Å². The molecule has 1 aliphatic heterocycles. The molecular formula is C18H22F4N2O3S. The molecule has 1 saturated heterocycles. The molecule has 1 aromatic carbocycles. The molecule has 1 fully saturated rings. The minimum Gasteiger partial charge on any atom is -0.387 e. The highest BCUT2D eigenvalue weighted by molar-refractivity contribution is 7.80. The molecule has 2 atom stereocenters. The molecule has 3 N–H and O–H groups in total. The van der Waals surface area contributed by atoms with Gasteiger partial charge in [-0.2, -0.15) is 18.2 Å². The van der Waals surface area contributed by atoms with Crippen LogP contribution in [0.3, 0.4) is 0 Å². The average Bonchev–Trinajstić information content (AvgIpc) is 2.58. The fraction of sp³-hybridized carbons (Fsp3) is 0.556. The second-order valence-electron chi connectivity index (χ2n) is 7.87. The van der Waals surface area contributed by atoms with Crippen LogP contribution in [0.4, 0.5) is 23.2 Å². The highest BCUT2D eigenvalue weighted by Gasteiger charge is 2.48. The fourth-order valence-corrected chi connectivity index (χ4v) is 3.94. The first-order valence-electron chi connectivity index (χ1n) is 8.50. The van der Waals surface area contributed by atoms with Crippen LogP contribution in [0.5, 0.6) is 0 Å². The van der Waals surface area contributed by atoms with Gasteiger partial charge in [0.15, 0.2) is 0 Å². The van der Waals surface area contributed by atoms with Crippen molar-refractivity contribution >= 4 is 28.7 Å². The van der Waals surface area contributed by atoms with Crippen molar-refractivity contribution in [2.24, 2.45) is 0 Å². The average molecular weight is 422 g/mol. The van der Waals surface area contributed by atoms with E-state index in [0.717, 1.165) is 17.2 Å². The van der Waals surface area contributed by atoms with E-state index in [-0.39, 0.29) is 29.1 Å². The summed E-state index contributed by atoms with van der Waals surface area (Å²) in [6.45, 7) is 4.85. The Morgan fingerprint density at radius 3 is 2.54 bits per heavy atom. The predicted octanol–water partition coefficient (Wildman–Crippen LogP) is 3.58. The number of carbonyl (C=O) groups excluding carboxylic acids is 1. The lowest BCUT2D eigenvalue weighted by atomic mass is 9.69. The molecular weight excluding hydrogens is 400 g/mol. The van der Waals surface area contributed by atoms with Crippen LogP contribution in [-0.4, -0.2) is 50.5 Å². The summed E-state index contributed by atoms with van der Waals surface area (Å²) < 4.78 is 51.8. The molecule has 1 aromatic rings. The number of benzene rings is 1. The maximum atomic E-state index is 14.7. The van der Waals surface area contributed by atoms with Gasteiger partial charge in [0.1, 0.15) is 12.2 Å². The van der Waals surface area contributed by atoms with E-state index in [4.69, 9.17) is 12.2 Å². The molecule has 0 saturated carbocycles. The number of carbonyl (C=O) groups is 1. The minimum absolute atomic E-state index is 0.0180. The Balaban J connectivity index is 2.44. The molecule has 2 unspecified atom stereocenters. The molecule has 156 valence electrons. The molecule has 0 radical (unpaired) electrons. The van der Waals surface area contributed by atoms with E-state index in [0.29, 0.717) is 0 Å². The highest BCUT2D eigenvalue weighted by atomic mass is 32.1. The van der Waals surface area contributed by atoms with Gasteiger partial charge in [0, 0.05) is 21.5 Å². The van der Waals surface area contributed by atoms with E-state index < -0.39 is 41.4 Å². The summed E-state index contributed by atoms with van der Waals surface area (Å²) in [5.74, 6) is -1.99. The Kier molecular flexibility index (Phi) is 6.20. The third kappa shape index (κ3) is 4.86. The second kappa shape index (κ2) is 7.66. The van der Waals surface area contributed by atoms with Gasteiger partial charge in [0.05, 0.1) is 12.6 Å². The quantitative estimate of drug-likeness (QED) is 0.513. The number of halogens is 4. The lowest BCUT2D eigenvalue weighted by Gasteiger charge is -2.40. The molecule has 10 heteroatoms. The molecule has 2 rings (SSSR count). The summed E-state index contributed by atoms with van der Waals surface area (Å²) in [7, 11) is 0. The normalized spacial score (nSPS) is 26.0. The monoisotopic (exact) mass is 422 g/mol. The van der Waals surface area contributed by atoms with Crippen LogP contribution in [-0.2, 0) is 10.2 Å². The van der Waals surface area contributed by atoms with Crippen molar-refractivity contribution in [2.45, 2.75) is 56.8 Å². The van der Waals surface area contributed by atoms with Crippen LogP contribution in [0.2, 0.25) is 0 Å². The SMILES string of the molecule is CC1(c2cc(NC(=O)CC(F)(F)F)ccc2F)CC(C)(C)N(O)CC(=S)C1O. The van der Waals surface area contributed by atoms with Gasteiger partial charge in [0.2, 0.25) is 5.91 Å². The standard InChI is InChI=1S/C18H22F4N2O3S/c1-16(2)9-17(3,15(26)13(28)8-24(16)27)11-6-10(4-5-12(11)19)23-14(25)7-18(20,21)22/h4-6,15,26-27H,7-9H2,1-3H3,(H,23,25). The topological polar surface area (TPSA) is 72.8 Å². The zero-order chi connectivity index (χ0) is 21.5. The number of rotatable bonds is 3. The fourth-order valence-electron chi connectivity index (χ4n) is 3.56. The van der Waals surface area contributed by atoms with Gasteiger partial charge in [-0.1, -0.05) is 19.1 Å². The van der Waals surface area contributed by atoms with Crippen molar-refractivity contribution < 1.29 is 32.7 Å². The number of hydrogen-bond acceptors (Lipinski definition) is 5. The molecule has 0 spiro atoms. The van der Waals surface area contributed by atoms with Crippen LogP contribution in [0.15, 0.2) is 18.2 Å². The lowest BCUT2D eigenvalue weighted by molar-refractivity contribution is -0.154. The Morgan fingerprint density at radius 2 is 1.96 bits per heavy atom. The number of hydrogen-bond donors (Lipinski definition) is 3. The van der Waals surface area contributed by atoms with Gasteiger partial charge in [-0.25, -0.2) is 4.39 Å². The summed E-state index contributed by atoms with van der Waals surface area (Å²) in [6.07, 6.45) is -7.54. The van der Waals surface area contributed by atoms with Crippen LogP contribution in [0.25, 0.3) is 0 Å². The molecule has 28 heavy (non-hydrogen) atoms. The van der Waals surface area contributed by atoms with Gasteiger partial charge in [0.25, 0.3) is 0 Å². The van der Waals surface area contributed by atoms with Crippen molar-refractivity contribution in [3.05, 3.63) is 29.6 Å². The van der Waals surface area contributed by atoms with Gasteiger partial charge < -0.3 is 15.6 Å². The highest BCUT2D eigenvalue weighted by Crippen LogP contribution is 2.42. The third-order valence-electron chi connectivity index (χ3n) is 4.94. The van der Waals surface area contributed by atoms with E-state index >= 15 is 0 Å². The van der Waals surface area contributed by atoms with E-state index in [1.807, 2.05) is 0 Å². The summed E-state index contributed by atoms with van der Waals surface area (Å²) >= 11 is 5.18. The molecule has 0 bridgehead atoms. The van der Waals surface area contributed by atoms with E-state index in [1.165, 1.54) is 6.07 Å². The largest absolute Gasteiger partial charge is 0.397 e. The number of hydroxylamine groups is 2. The zero-order valence-corrected chi connectivity index (χ0v) is 16.4.